The van der Waals surface area contributed by atoms with E-state index in [4.69, 9.17) is 5.10 Å². The van der Waals surface area contributed by atoms with Crippen molar-refractivity contribution in [3.8, 4) is 0 Å². The first-order chi connectivity index (χ1) is 11.2. The minimum absolute atomic E-state index is 0.593. The number of benzene rings is 2. The van der Waals surface area contributed by atoms with Crippen LogP contribution in [-0.4, -0.2) is 11.0 Å². The van der Waals surface area contributed by atoms with Gasteiger partial charge in [-0.2, -0.15) is 5.10 Å². The SMILES string of the molecule is CC(C)C(Br)CCC/C=N/N(c1ccccc1)c1ccccc1. The third-order valence-corrected chi connectivity index (χ3v) is 5.25. The second-order valence-corrected chi connectivity index (χ2v) is 7.15. The van der Waals surface area contributed by atoms with Crippen molar-refractivity contribution in [1.29, 1.82) is 0 Å². The zero-order valence-corrected chi connectivity index (χ0v) is 15.5. The van der Waals surface area contributed by atoms with E-state index >= 15 is 0 Å². The quantitative estimate of drug-likeness (QED) is 0.226. The second-order valence-electron chi connectivity index (χ2n) is 5.97. The van der Waals surface area contributed by atoms with Gasteiger partial charge >= 0.3 is 0 Å². The molecule has 0 aliphatic heterocycles. The van der Waals surface area contributed by atoms with Crippen LogP contribution < -0.4 is 5.01 Å². The number of hydrazone groups is 1. The largest absolute Gasteiger partial charge is 0.234 e. The van der Waals surface area contributed by atoms with Crippen LogP contribution in [0.2, 0.25) is 0 Å². The van der Waals surface area contributed by atoms with Gasteiger partial charge in [-0.05, 0) is 49.4 Å². The molecule has 0 heterocycles. The Bertz CT molecular complexity index is 542. The normalized spacial score (nSPS) is 12.7. The van der Waals surface area contributed by atoms with Gasteiger partial charge in [0.25, 0.3) is 0 Å². The first kappa shape index (κ1) is 17.7. The van der Waals surface area contributed by atoms with Gasteiger partial charge in [-0.1, -0.05) is 66.2 Å². The number of hydrogen-bond donors (Lipinski definition) is 0. The van der Waals surface area contributed by atoms with Crippen LogP contribution in [0.3, 0.4) is 0 Å². The molecule has 0 aliphatic rings. The van der Waals surface area contributed by atoms with Gasteiger partial charge in [-0.3, -0.25) is 0 Å². The molecule has 122 valence electrons. The molecule has 0 amide bonds. The van der Waals surface area contributed by atoms with Gasteiger partial charge in [-0.15, -0.1) is 0 Å². The summed E-state index contributed by atoms with van der Waals surface area (Å²) in [5.41, 5.74) is 2.16. The van der Waals surface area contributed by atoms with Crippen molar-refractivity contribution in [3.63, 3.8) is 0 Å². The summed E-state index contributed by atoms with van der Waals surface area (Å²) < 4.78 is 0. The molecular formula is C20H25BrN2. The van der Waals surface area contributed by atoms with Crippen molar-refractivity contribution < 1.29 is 0 Å². The van der Waals surface area contributed by atoms with Crippen LogP contribution in [0.15, 0.2) is 65.8 Å². The highest BCUT2D eigenvalue weighted by atomic mass is 79.9. The van der Waals surface area contributed by atoms with Crippen molar-refractivity contribution >= 4 is 33.5 Å². The number of hydrogen-bond acceptors (Lipinski definition) is 2. The highest BCUT2D eigenvalue weighted by molar-refractivity contribution is 9.09. The first-order valence-corrected chi connectivity index (χ1v) is 9.17. The summed E-state index contributed by atoms with van der Waals surface area (Å²) in [6.45, 7) is 4.50. The molecule has 1 unspecified atom stereocenters. The average Bonchev–Trinajstić information content (AvgIpc) is 2.59. The lowest BCUT2D eigenvalue weighted by molar-refractivity contribution is 0.569. The lowest BCUT2D eigenvalue weighted by Crippen LogP contribution is -2.09. The van der Waals surface area contributed by atoms with Crippen LogP contribution in [0.4, 0.5) is 11.4 Å². The van der Waals surface area contributed by atoms with E-state index in [2.05, 4.69) is 54.0 Å². The van der Waals surface area contributed by atoms with E-state index in [1.54, 1.807) is 0 Å². The van der Waals surface area contributed by atoms with Crippen molar-refractivity contribution in [1.82, 2.24) is 0 Å². The van der Waals surface area contributed by atoms with E-state index in [9.17, 15) is 0 Å². The van der Waals surface area contributed by atoms with Gasteiger partial charge in [-0.25, -0.2) is 5.01 Å². The number of anilines is 2. The predicted molar refractivity (Wildman–Crippen MR) is 105 cm³/mol. The lowest BCUT2D eigenvalue weighted by Gasteiger charge is -2.19. The fourth-order valence-corrected chi connectivity index (χ4v) is 2.62. The minimum Gasteiger partial charge on any atom is -0.234 e. The molecule has 3 heteroatoms. The van der Waals surface area contributed by atoms with Gasteiger partial charge in [0.1, 0.15) is 0 Å². The molecule has 23 heavy (non-hydrogen) atoms. The first-order valence-electron chi connectivity index (χ1n) is 8.25. The molecule has 2 aromatic carbocycles. The summed E-state index contributed by atoms with van der Waals surface area (Å²) in [5, 5.41) is 6.69. The smallest absolute Gasteiger partial charge is 0.0652 e. The molecule has 1 atom stereocenters. The van der Waals surface area contributed by atoms with Crippen molar-refractivity contribution in [2.75, 3.05) is 5.01 Å². The van der Waals surface area contributed by atoms with Crippen LogP contribution in [0, 0.1) is 5.92 Å². The standard InChI is InChI=1S/C20H25BrN2/c1-17(2)20(21)15-9-10-16-22-23(18-11-5-3-6-12-18)19-13-7-4-8-14-19/h3-8,11-14,16-17,20H,9-10,15H2,1-2H3/b22-16+. The summed E-state index contributed by atoms with van der Waals surface area (Å²) in [7, 11) is 0. The number of para-hydroxylation sites is 2. The molecule has 2 aromatic rings. The molecule has 0 fully saturated rings. The Hall–Kier alpha value is -1.61. The maximum atomic E-state index is 4.70. The third kappa shape index (κ3) is 5.83. The molecule has 0 saturated carbocycles. The minimum atomic E-state index is 0.593. The van der Waals surface area contributed by atoms with E-state index in [1.807, 2.05) is 47.6 Å². The van der Waals surface area contributed by atoms with Crippen LogP contribution in [-0.2, 0) is 0 Å². The molecule has 0 spiro atoms. The zero-order valence-electron chi connectivity index (χ0n) is 13.9. The molecule has 0 radical (unpaired) electrons. The highest BCUT2D eigenvalue weighted by Crippen LogP contribution is 2.25. The number of halogens is 1. The zero-order chi connectivity index (χ0) is 16.5. The van der Waals surface area contributed by atoms with Crippen molar-refractivity contribution in [3.05, 3.63) is 60.7 Å². The Morgan fingerprint density at radius 3 is 1.96 bits per heavy atom. The summed E-state index contributed by atoms with van der Waals surface area (Å²) in [6.07, 6.45) is 5.35. The average molecular weight is 373 g/mol. The van der Waals surface area contributed by atoms with E-state index in [0.29, 0.717) is 10.7 Å². The summed E-state index contributed by atoms with van der Waals surface area (Å²) >= 11 is 3.74. The Labute approximate surface area is 148 Å². The van der Waals surface area contributed by atoms with Crippen LogP contribution in [0.5, 0.6) is 0 Å². The summed E-state index contributed by atoms with van der Waals surface area (Å²) in [6, 6.07) is 20.5. The lowest BCUT2D eigenvalue weighted by atomic mass is 10.1. The Morgan fingerprint density at radius 1 is 0.957 bits per heavy atom. The molecular weight excluding hydrogens is 348 g/mol. The van der Waals surface area contributed by atoms with Gasteiger partial charge in [0.15, 0.2) is 0 Å². The highest BCUT2D eigenvalue weighted by Gasteiger charge is 2.08. The number of nitrogens with zero attached hydrogens (tertiary/aromatic N) is 2. The Morgan fingerprint density at radius 2 is 1.48 bits per heavy atom. The molecule has 0 bridgehead atoms. The van der Waals surface area contributed by atoms with Crippen molar-refractivity contribution in [2.24, 2.45) is 11.0 Å². The Kier molecular flexibility index (Phi) is 7.34. The molecule has 2 nitrogen and oxygen atoms in total. The van der Waals surface area contributed by atoms with Crippen molar-refractivity contribution in [2.45, 2.75) is 37.9 Å². The molecule has 0 aromatic heterocycles. The second kappa shape index (κ2) is 9.51. The topological polar surface area (TPSA) is 15.6 Å². The predicted octanol–water partition coefficient (Wildman–Crippen LogP) is 6.40. The molecule has 2 rings (SSSR count). The fraction of sp³-hybridized carbons (Fsp3) is 0.350. The fourth-order valence-electron chi connectivity index (χ4n) is 2.30. The van der Waals surface area contributed by atoms with E-state index in [1.165, 1.54) is 6.42 Å². The van der Waals surface area contributed by atoms with Gasteiger partial charge in [0, 0.05) is 11.0 Å². The Balaban J connectivity index is 2.00. The van der Waals surface area contributed by atoms with Gasteiger partial charge < -0.3 is 0 Å². The number of rotatable bonds is 8. The van der Waals surface area contributed by atoms with Gasteiger partial charge in [0.2, 0.25) is 0 Å². The molecule has 0 aliphatic carbocycles. The van der Waals surface area contributed by atoms with Crippen LogP contribution >= 0.6 is 15.9 Å². The van der Waals surface area contributed by atoms with E-state index < -0.39 is 0 Å². The summed E-state index contributed by atoms with van der Waals surface area (Å²) in [4.78, 5) is 0.593. The number of unbranched alkanes of at least 4 members (excludes halogenated alkanes) is 1. The van der Waals surface area contributed by atoms with E-state index in [0.717, 1.165) is 24.2 Å². The van der Waals surface area contributed by atoms with Crippen LogP contribution in [0.25, 0.3) is 0 Å². The summed E-state index contributed by atoms with van der Waals surface area (Å²) in [5.74, 6) is 0.678. The molecule has 0 N–H and O–H groups in total. The third-order valence-electron chi connectivity index (χ3n) is 3.74. The maximum absolute atomic E-state index is 4.70. The molecule has 0 saturated heterocycles. The monoisotopic (exact) mass is 372 g/mol. The number of alkyl halides is 1. The van der Waals surface area contributed by atoms with Gasteiger partial charge in [0.05, 0.1) is 11.4 Å². The van der Waals surface area contributed by atoms with E-state index in [-0.39, 0.29) is 0 Å². The van der Waals surface area contributed by atoms with Crippen LogP contribution in [0.1, 0.15) is 33.1 Å². The maximum Gasteiger partial charge on any atom is 0.0652 e.